The molecule has 0 aliphatic carbocycles. The Morgan fingerprint density at radius 3 is 2.32 bits per heavy atom. The van der Waals surface area contributed by atoms with Gasteiger partial charge in [0.15, 0.2) is 0 Å². The molecule has 1 fully saturated rings. The molecule has 0 bridgehead atoms. The SMILES string of the molecule is Cc1ccc(S(=O)(=O)N2CCCC2C[Si](C)(C)c2ccccc2)cc1. The van der Waals surface area contributed by atoms with E-state index in [1.807, 2.05) is 25.1 Å². The lowest BCUT2D eigenvalue weighted by molar-refractivity contribution is 0.406. The summed E-state index contributed by atoms with van der Waals surface area (Å²) in [4.78, 5) is 0.421. The van der Waals surface area contributed by atoms with Crippen molar-refractivity contribution in [3.63, 3.8) is 0 Å². The minimum atomic E-state index is -3.40. The highest BCUT2D eigenvalue weighted by Crippen LogP contribution is 2.31. The number of hydrogen-bond donors (Lipinski definition) is 0. The third kappa shape index (κ3) is 3.89. The van der Waals surface area contributed by atoms with E-state index in [1.54, 1.807) is 16.4 Å². The van der Waals surface area contributed by atoms with E-state index in [-0.39, 0.29) is 6.04 Å². The molecule has 0 spiro atoms. The standard InChI is InChI=1S/C20H27NO2SSi/c1-17-11-13-19(14-12-17)24(22,23)21-15-7-8-18(21)16-25(2,3)20-9-5-4-6-10-20/h4-6,9-14,18H,7-8,15-16H2,1-3H3. The maximum atomic E-state index is 13.1. The highest BCUT2D eigenvalue weighted by atomic mass is 32.2. The third-order valence-corrected chi connectivity index (χ3v) is 10.6. The maximum absolute atomic E-state index is 13.1. The average molecular weight is 374 g/mol. The number of sulfonamides is 1. The Bertz CT molecular complexity index is 817. The van der Waals surface area contributed by atoms with Gasteiger partial charge in [-0.25, -0.2) is 8.42 Å². The smallest absolute Gasteiger partial charge is 0.207 e. The van der Waals surface area contributed by atoms with Crippen molar-refractivity contribution in [2.24, 2.45) is 0 Å². The second-order valence-corrected chi connectivity index (χ2v) is 14.3. The van der Waals surface area contributed by atoms with Crippen molar-refractivity contribution in [3.8, 4) is 0 Å². The number of benzene rings is 2. The van der Waals surface area contributed by atoms with Crippen LogP contribution in [0.4, 0.5) is 0 Å². The summed E-state index contributed by atoms with van der Waals surface area (Å²) in [6, 6.07) is 18.9. The fourth-order valence-corrected chi connectivity index (χ4v) is 8.53. The molecule has 1 atom stereocenters. The van der Waals surface area contributed by atoms with Gasteiger partial charge in [0.1, 0.15) is 0 Å². The lowest BCUT2D eigenvalue weighted by Crippen LogP contribution is -2.47. The van der Waals surface area contributed by atoms with Crippen molar-refractivity contribution in [2.75, 3.05) is 6.54 Å². The molecule has 1 unspecified atom stereocenters. The minimum absolute atomic E-state index is 0.119. The molecule has 3 rings (SSSR count). The van der Waals surface area contributed by atoms with Gasteiger partial charge in [-0.05, 0) is 37.9 Å². The Kier molecular flexibility index (Phi) is 5.18. The molecule has 1 saturated heterocycles. The Balaban J connectivity index is 1.84. The molecule has 1 aliphatic rings. The van der Waals surface area contributed by atoms with Crippen LogP contribution in [0.1, 0.15) is 18.4 Å². The first kappa shape index (κ1) is 18.4. The van der Waals surface area contributed by atoms with E-state index in [1.165, 1.54) is 5.19 Å². The van der Waals surface area contributed by atoms with E-state index in [0.29, 0.717) is 11.4 Å². The highest BCUT2D eigenvalue weighted by molar-refractivity contribution is 7.89. The van der Waals surface area contributed by atoms with E-state index in [4.69, 9.17) is 0 Å². The second-order valence-electron chi connectivity index (χ2n) is 7.68. The van der Waals surface area contributed by atoms with Gasteiger partial charge < -0.3 is 0 Å². The number of hydrogen-bond acceptors (Lipinski definition) is 2. The first-order valence-electron chi connectivity index (χ1n) is 8.95. The quantitative estimate of drug-likeness (QED) is 0.748. The van der Waals surface area contributed by atoms with Gasteiger partial charge in [0.05, 0.1) is 13.0 Å². The van der Waals surface area contributed by atoms with Crippen LogP contribution in [0.3, 0.4) is 0 Å². The topological polar surface area (TPSA) is 37.4 Å². The molecule has 0 amide bonds. The molecular formula is C20H27NO2SSi. The summed E-state index contributed by atoms with van der Waals surface area (Å²) in [6.45, 7) is 7.30. The molecule has 0 N–H and O–H groups in total. The predicted octanol–water partition coefficient (Wildman–Crippen LogP) is 3.76. The number of nitrogens with zero attached hydrogens (tertiary/aromatic N) is 1. The van der Waals surface area contributed by atoms with Crippen molar-refractivity contribution in [3.05, 3.63) is 60.2 Å². The second kappa shape index (κ2) is 7.06. The van der Waals surface area contributed by atoms with E-state index in [2.05, 4.69) is 37.4 Å². The average Bonchev–Trinajstić information content (AvgIpc) is 3.04. The van der Waals surface area contributed by atoms with Crippen molar-refractivity contribution in [2.45, 2.75) is 49.8 Å². The zero-order valence-electron chi connectivity index (χ0n) is 15.3. The van der Waals surface area contributed by atoms with Gasteiger partial charge in [-0.1, -0.05) is 66.3 Å². The van der Waals surface area contributed by atoms with Gasteiger partial charge in [-0.2, -0.15) is 4.31 Å². The lowest BCUT2D eigenvalue weighted by atomic mass is 10.2. The van der Waals surface area contributed by atoms with Crippen LogP contribution in [0.2, 0.25) is 19.1 Å². The Morgan fingerprint density at radius 1 is 1.04 bits per heavy atom. The van der Waals surface area contributed by atoms with Crippen molar-refractivity contribution < 1.29 is 8.42 Å². The highest BCUT2D eigenvalue weighted by Gasteiger charge is 2.39. The molecule has 2 aromatic rings. The Hall–Kier alpha value is -1.43. The van der Waals surface area contributed by atoms with E-state index in [0.717, 1.165) is 24.4 Å². The van der Waals surface area contributed by atoms with E-state index in [9.17, 15) is 8.42 Å². The summed E-state index contributed by atoms with van der Waals surface area (Å²) in [5.74, 6) is 0. The molecule has 0 aromatic heterocycles. The molecule has 1 aliphatic heterocycles. The minimum Gasteiger partial charge on any atom is -0.207 e. The summed E-state index contributed by atoms with van der Waals surface area (Å²) in [6.07, 6.45) is 1.92. The van der Waals surface area contributed by atoms with Crippen LogP contribution in [0.5, 0.6) is 0 Å². The molecule has 25 heavy (non-hydrogen) atoms. The number of rotatable bonds is 5. The van der Waals surface area contributed by atoms with Crippen LogP contribution in [-0.2, 0) is 10.0 Å². The van der Waals surface area contributed by atoms with Crippen LogP contribution in [0.25, 0.3) is 0 Å². The van der Waals surface area contributed by atoms with Crippen molar-refractivity contribution >= 4 is 23.3 Å². The summed E-state index contributed by atoms with van der Waals surface area (Å²) < 4.78 is 28.0. The summed E-state index contributed by atoms with van der Waals surface area (Å²) in [5.41, 5.74) is 1.08. The fourth-order valence-electron chi connectivity index (χ4n) is 3.77. The largest absolute Gasteiger partial charge is 0.243 e. The molecule has 3 nitrogen and oxygen atoms in total. The third-order valence-electron chi connectivity index (χ3n) is 5.25. The molecule has 1 heterocycles. The first-order chi connectivity index (χ1) is 11.8. The first-order valence-corrected chi connectivity index (χ1v) is 13.6. The van der Waals surface area contributed by atoms with Gasteiger partial charge in [0.25, 0.3) is 0 Å². The maximum Gasteiger partial charge on any atom is 0.243 e. The van der Waals surface area contributed by atoms with Crippen LogP contribution >= 0.6 is 0 Å². The van der Waals surface area contributed by atoms with E-state index < -0.39 is 18.1 Å². The molecule has 5 heteroatoms. The van der Waals surface area contributed by atoms with Crippen LogP contribution in [-0.4, -0.2) is 33.4 Å². The zero-order chi connectivity index (χ0) is 18.1. The van der Waals surface area contributed by atoms with Crippen molar-refractivity contribution in [1.29, 1.82) is 0 Å². The zero-order valence-corrected chi connectivity index (χ0v) is 17.1. The summed E-state index contributed by atoms with van der Waals surface area (Å²) in [7, 11) is -5.08. The summed E-state index contributed by atoms with van der Waals surface area (Å²) >= 11 is 0. The molecule has 0 saturated carbocycles. The monoisotopic (exact) mass is 373 g/mol. The van der Waals surface area contributed by atoms with Gasteiger partial charge in [0, 0.05) is 12.6 Å². The van der Waals surface area contributed by atoms with Crippen molar-refractivity contribution in [1.82, 2.24) is 4.31 Å². The van der Waals surface area contributed by atoms with Crippen LogP contribution in [0.15, 0.2) is 59.5 Å². The fraction of sp³-hybridized carbons (Fsp3) is 0.400. The van der Waals surface area contributed by atoms with Crippen LogP contribution in [0, 0.1) is 6.92 Å². The van der Waals surface area contributed by atoms with Gasteiger partial charge >= 0.3 is 0 Å². The molecular weight excluding hydrogens is 346 g/mol. The number of aryl methyl sites for hydroxylation is 1. The van der Waals surface area contributed by atoms with Gasteiger partial charge in [0.2, 0.25) is 10.0 Å². The van der Waals surface area contributed by atoms with Crippen LogP contribution < -0.4 is 5.19 Å². The van der Waals surface area contributed by atoms with Gasteiger partial charge in [-0.3, -0.25) is 0 Å². The Labute approximate surface area is 152 Å². The van der Waals surface area contributed by atoms with E-state index >= 15 is 0 Å². The predicted molar refractivity (Wildman–Crippen MR) is 106 cm³/mol. The normalized spacial score (nSPS) is 19.2. The lowest BCUT2D eigenvalue weighted by Gasteiger charge is -2.31. The molecule has 2 aromatic carbocycles. The summed E-state index contributed by atoms with van der Waals surface area (Å²) in [5, 5.41) is 1.40. The van der Waals surface area contributed by atoms with Gasteiger partial charge in [-0.15, -0.1) is 0 Å². The molecule has 0 radical (unpaired) electrons. The Morgan fingerprint density at radius 2 is 1.68 bits per heavy atom. The molecule has 134 valence electrons.